The van der Waals surface area contributed by atoms with E-state index in [2.05, 4.69) is 0 Å². The predicted molar refractivity (Wildman–Crippen MR) is 79.7 cm³/mol. The molecule has 0 spiro atoms. The van der Waals surface area contributed by atoms with E-state index in [9.17, 15) is 14.0 Å². The molecule has 1 heterocycles. The minimum Gasteiger partial charge on any atom is -0.481 e. The van der Waals surface area contributed by atoms with E-state index >= 15 is 0 Å². The Morgan fingerprint density at radius 2 is 2.05 bits per heavy atom. The third kappa shape index (κ3) is 4.53. The van der Waals surface area contributed by atoms with Crippen LogP contribution in [-0.4, -0.2) is 53.5 Å². The normalized spacial score (nSPS) is 18.9. The van der Waals surface area contributed by atoms with Crippen molar-refractivity contribution < 1.29 is 19.1 Å². The van der Waals surface area contributed by atoms with Gasteiger partial charge in [-0.25, -0.2) is 4.39 Å². The van der Waals surface area contributed by atoms with Gasteiger partial charge in [0.25, 0.3) is 0 Å². The molecule has 1 saturated heterocycles. The first-order valence-corrected chi connectivity index (χ1v) is 7.39. The minimum absolute atomic E-state index is 0.0598. The molecule has 1 aliphatic heterocycles. The van der Waals surface area contributed by atoms with Crippen LogP contribution in [-0.2, 0) is 16.1 Å². The topological polar surface area (TPSA) is 60.9 Å². The predicted octanol–water partition coefficient (Wildman–Crippen LogP) is 1.58. The number of hydrogen-bond donors (Lipinski definition) is 1. The molecule has 1 fully saturated rings. The van der Waals surface area contributed by atoms with Gasteiger partial charge in [-0.1, -0.05) is 12.1 Å². The van der Waals surface area contributed by atoms with E-state index in [0.717, 1.165) is 18.5 Å². The number of amides is 1. The van der Waals surface area contributed by atoms with Crippen LogP contribution in [0.3, 0.4) is 0 Å². The Morgan fingerprint density at radius 1 is 1.36 bits per heavy atom. The number of nitrogens with zero attached hydrogens (tertiary/aromatic N) is 2. The molecular formula is C16H21FN2O3. The van der Waals surface area contributed by atoms with Gasteiger partial charge in [0.1, 0.15) is 5.82 Å². The second kappa shape index (κ2) is 7.35. The summed E-state index contributed by atoms with van der Waals surface area (Å²) < 4.78 is 12.9. The molecule has 22 heavy (non-hydrogen) atoms. The fourth-order valence-electron chi connectivity index (χ4n) is 2.66. The Labute approximate surface area is 129 Å². The Bertz CT molecular complexity index is 533. The van der Waals surface area contributed by atoms with Gasteiger partial charge >= 0.3 is 5.97 Å². The van der Waals surface area contributed by atoms with E-state index < -0.39 is 5.97 Å². The van der Waals surface area contributed by atoms with Gasteiger partial charge in [-0.2, -0.15) is 0 Å². The zero-order valence-corrected chi connectivity index (χ0v) is 12.7. The van der Waals surface area contributed by atoms with Gasteiger partial charge in [0.05, 0.1) is 12.5 Å². The standard InChI is InChI=1S/C16H21FN2O3/c1-18(9-12-4-6-14(17)7-5-12)15(20)11-19-8-2-3-13(10-19)16(21)22/h4-7,13H,2-3,8-11H2,1H3,(H,21,22). The average Bonchev–Trinajstić information content (AvgIpc) is 2.49. The number of aliphatic carboxylic acids is 1. The van der Waals surface area contributed by atoms with Crippen molar-refractivity contribution in [2.24, 2.45) is 5.92 Å². The minimum atomic E-state index is -0.795. The van der Waals surface area contributed by atoms with Crippen LogP contribution in [0.4, 0.5) is 4.39 Å². The lowest BCUT2D eigenvalue weighted by Gasteiger charge is -2.31. The summed E-state index contributed by atoms with van der Waals surface area (Å²) in [5.74, 6) is -1.54. The third-order valence-corrected chi connectivity index (χ3v) is 3.97. The smallest absolute Gasteiger partial charge is 0.307 e. The second-order valence-electron chi connectivity index (χ2n) is 5.79. The highest BCUT2D eigenvalue weighted by atomic mass is 19.1. The highest BCUT2D eigenvalue weighted by molar-refractivity contribution is 5.78. The highest BCUT2D eigenvalue weighted by Crippen LogP contribution is 2.16. The number of carbonyl (C=O) groups is 2. The molecule has 6 heteroatoms. The second-order valence-corrected chi connectivity index (χ2v) is 5.79. The quantitative estimate of drug-likeness (QED) is 0.897. The molecule has 5 nitrogen and oxygen atoms in total. The molecule has 1 unspecified atom stereocenters. The van der Waals surface area contributed by atoms with E-state index in [-0.39, 0.29) is 24.2 Å². The lowest BCUT2D eigenvalue weighted by Crippen LogP contribution is -2.44. The molecule has 120 valence electrons. The lowest BCUT2D eigenvalue weighted by atomic mass is 9.98. The monoisotopic (exact) mass is 308 g/mol. The van der Waals surface area contributed by atoms with Crippen LogP contribution in [0, 0.1) is 11.7 Å². The lowest BCUT2D eigenvalue weighted by molar-refractivity contribution is -0.144. The summed E-state index contributed by atoms with van der Waals surface area (Å²) in [5.41, 5.74) is 0.860. The van der Waals surface area contributed by atoms with E-state index in [1.807, 2.05) is 4.90 Å². The number of hydrogen-bond acceptors (Lipinski definition) is 3. The maximum Gasteiger partial charge on any atom is 0.307 e. The number of halogens is 1. The molecule has 0 aliphatic carbocycles. The number of piperidine rings is 1. The first kappa shape index (κ1) is 16.4. The van der Waals surface area contributed by atoms with Crippen molar-refractivity contribution in [1.82, 2.24) is 9.80 Å². The van der Waals surface area contributed by atoms with Gasteiger partial charge in [-0.3, -0.25) is 14.5 Å². The Kier molecular flexibility index (Phi) is 5.49. The van der Waals surface area contributed by atoms with E-state index in [1.54, 1.807) is 24.1 Å². The van der Waals surface area contributed by atoms with Gasteiger partial charge in [0.15, 0.2) is 0 Å². The number of carboxylic acid groups (broad SMARTS) is 1. The summed E-state index contributed by atoms with van der Waals surface area (Å²) in [4.78, 5) is 26.7. The van der Waals surface area contributed by atoms with Crippen LogP contribution in [0.25, 0.3) is 0 Å². The number of likely N-dealkylation sites (tertiary alicyclic amines) is 1. The largest absolute Gasteiger partial charge is 0.481 e. The van der Waals surface area contributed by atoms with Crippen molar-refractivity contribution in [1.29, 1.82) is 0 Å². The van der Waals surface area contributed by atoms with Crippen LogP contribution in [0.2, 0.25) is 0 Å². The molecule has 1 aromatic rings. The number of benzene rings is 1. The van der Waals surface area contributed by atoms with Crippen molar-refractivity contribution >= 4 is 11.9 Å². The first-order valence-electron chi connectivity index (χ1n) is 7.39. The van der Waals surface area contributed by atoms with Crippen LogP contribution >= 0.6 is 0 Å². The van der Waals surface area contributed by atoms with Gasteiger partial charge in [0.2, 0.25) is 5.91 Å². The zero-order valence-electron chi connectivity index (χ0n) is 12.7. The SMILES string of the molecule is CN(Cc1ccc(F)cc1)C(=O)CN1CCCC(C(=O)O)C1. The molecule has 1 aliphatic rings. The van der Waals surface area contributed by atoms with Gasteiger partial charge in [-0.15, -0.1) is 0 Å². The number of carboxylic acids is 1. The summed E-state index contributed by atoms with van der Waals surface area (Å²) >= 11 is 0. The molecule has 1 N–H and O–H groups in total. The first-order chi connectivity index (χ1) is 10.5. The Balaban J connectivity index is 1.85. The molecular weight excluding hydrogens is 287 g/mol. The van der Waals surface area contributed by atoms with Crippen molar-refractivity contribution in [3.8, 4) is 0 Å². The number of carbonyl (C=O) groups excluding carboxylic acids is 1. The highest BCUT2D eigenvalue weighted by Gasteiger charge is 2.26. The fourth-order valence-corrected chi connectivity index (χ4v) is 2.66. The Morgan fingerprint density at radius 3 is 2.68 bits per heavy atom. The molecule has 1 atom stereocenters. The fraction of sp³-hybridized carbons (Fsp3) is 0.500. The van der Waals surface area contributed by atoms with Gasteiger partial charge in [0, 0.05) is 20.1 Å². The van der Waals surface area contributed by atoms with Crippen molar-refractivity contribution in [2.45, 2.75) is 19.4 Å². The Hall–Kier alpha value is -1.95. The van der Waals surface area contributed by atoms with E-state index in [0.29, 0.717) is 19.5 Å². The van der Waals surface area contributed by atoms with Crippen molar-refractivity contribution in [3.05, 3.63) is 35.6 Å². The summed E-state index contributed by atoms with van der Waals surface area (Å²) in [5, 5.41) is 9.06. The maximum atomic E-state index is 12.9. The molecule has 0 radical (unpaired) electrons. The third-order valence-electron chi connectivity index (χ3n) is 3.97. The molecule has 0 bridgehead atoms. The average molecular weight is 308 g/mol. The number of likely N-dealkylation sites (N-methyl/N-ethyl adjacent to an activating group) is 1. The van der Waals surface area contributed by atoms with Gasteiger partial charge in [-0.05, 0) is 37.1 Å². The summed E-state index contributed by atoms with van der Waals surface area (Å²) in [6.07, 6.45) is 1.47. The van der Waals surface area contributed by atoms with Crippen LogP contribution < -0.4 is 0 Å². The summed E-state index contributed by atoms with van der Waals surface area (Å²) in [6, 6.07) is 6.05. The van der Waals surface area contributed by atoms with Crippen molar-refractivity contribution in [3.63, 3.8) is 0 Å². The summed E-state index contributed by atoms with van der Waals surface area (Å²) in [6.45, 7) is 1.81. The molecule has 0 saturated carbocycles. The van der Waals surface area contributed by atoms with Crippen LogP contribution in [0.5, 0.6) is 0 Å². The van der Waals surface area contributed by atoms with E-state index in [1.165, 1.54) is 12.1 Å². The maximum absolute atomic E-state index is 12.9. The summed E-state index contributed by atoms with van der Waals surface area (Å²) in [7, 11) is 1.70. The molecule has 1 aromatic carbocycles. The van der Waals surface area contributed by atoms with E-state index in [4.69, 9.17) is 5.11 Å². The molecule has 1 amide bonds. The van der Waals surface area contributed by atoms with Crippen molar-refractivity contribution in [2.75, 3.05) is 26.7 Å². The van der Waals surface area contributed by atoms with Crippen LogP contribution in [0.15, 0.2) is 24.3 Å². The molecule has 2 rings (SSSR count). The van der Waals surface area contributed by atoms with Crippen LogP contribution in [0.1, 0.15) is 18.4 Å². The zero-order chi connectivity index (χ0) is 16.1. The molecule has 0 aromatic heterocycles. The van der Waals surface area contributed by atoms with Gasteiger partial charge < -0.3 is 10.0 Å². The number of rotatable bonds is 5.